The van der Waals surface area contributed by atoms with Gasteiger partial charge in [-0.2, -0.15) is 0 Å². The molecule has 1 aliphatic heterocycles. The number of aliphatic hydroxyl groups is 2. The molecular formula is C28H30F3N3O4. The van der Waals surface area contributed by atoms with Crippen molar-refractivity contribution in [3.05, 3.63) is 77.3 Å². The maximum atomic E-state index is 14.7. The second-order valence-electron chi connectivity index (χ2n) is 9.05. The number of ether oxygens (including phenoxy) is 2. The molecule has 0 spiro atoms. The highest BCUT2D eigenvalue weighted by Crippen LogP contribution is 2.27. The highest BCUT2D eigenvalue weighted by molar-refractivity contribution is 5.84. The van der Waals surface area contributed by atoms with Gasteiger partial charge in [0, 0.05) is 36.2 Å². The van der Waals surface area contributed by atoms with Gasteiger partial charge in [-0.05, 0) is 37.1 Å². The summed E-state index contributed by atoms with van der Waals surface area (Å²) < 4.78 is 53.2. The number of methoxy groups -OCH3 is 1. The van der Waals surface area contributed by atoms with Crippen LogP contribution < -0.4 is 10.1 Å². The van der Waals surface area contributed by atoms with E-state index in [1.54, 1.807) is 30.4 Å². The third-order valence-corrected chi connectivity index (χ3v) is 6.39. The number of fused-ring (bicyclic) bond motifs is 1. The van der Waals surface area contributed by atoms with Crippen molar-refractivity contribution in [1.82, 2.24) is 15.3 Å². The molecule has 1 aromatic carbocycles. The number of aliphatic hydroxyl groups excluding tert-OH is 2. The van der Waals surface area contributed by atoms with Crippen LogP contribution in [0.15, 0.2) is 48.7 Å². The van der Waals surface area contributed by atoms with E-state index in [1.807, 2.05) is 0 Å². The molecule has 10 heteroatoms. The molecule has 7 nitrogen and oxygen atoms in total. The summed E-state index contributed by atoms with van der Waals surface area (Å²) in [5.41, 5.74) is 1.30. The van der Waals surface area contributed by atoms with E-state index in [2.05, 4.69) is 15.3 Å². The van der Waals surface area contributed by atoms with E-state index < -0.39 is 36.3 Å². The van der Waals surface area contributed by atoms with Crippen LogP contribution in [0, 0.1) is 17.5 Å². The van der Waals surface area contributed by atoms with E-state index in [9.17, 15) is 23.4 Å². The number of hydrogen-bond donors (Lipinski definition) is 3. The maximum Gasteiger partial charge on any atom is 0.213 e. The van der Waals surface area contributed by atoms with Gasteiger partial charge in [-0.1, -0.05) is 24.3 Å². The van der Waals surface area contributed by atoms with Crippen LogP contribution in [0.3, 0.4) is 0 Å². The number of nitrogens with zero attached hydrogens (tertiary/aromatic N) is 2. The zero-order valence-corrected chi connectivity index (χ0v) is 20.9. The molecule has 202 valence electrons. The number of rotatable bonds is 10. The fraction of sp³-hybridized carbons (Fsp3) is 0.357. The minimum atomic E-state index is -0.970. The van der Waals surface area contributed by atoms with E-state index >= 15 is 0 Å². The molecule has 0 radical (unpaired) electrons. The van der Waals surface area contributed by atoms with Crippen LogP contribution >= 0.6 is 0 Å². The SMILES string of the molecule is COc1ccc2ncc(F)c(/C=C/[C@@H]3CC[C@@H](NC/C=C/c4cc(F)ccc4F)[C@@H](C[C@@H](O)CO)O3)c2n1. The molecule has 1 aliphatic rings. The Hall–Kier alpha value is -3.31. The fourth-order valence-corrected chi connectivity index (χ4v) is 4.42. The van der Waals surface area contributed by atoms with Gasteiger partial charge >= 0.3 is 0 Å². The van der Waals surface area contributed by atoms with E-state index in [0.29, 0.717) is 36.3 Å². The van der Waals surface area contributed by atoms with Gasteiger partial charge in [-0.15, -0.1) is 0 Å². The molecule has 2 aromatic heterocycles. The summed E-state index contributed by atoms with van der Waals surface area (Å²) in [5, 5.41) is 22.7. The van der Waals surface area contributed by atoms with Crippen LogP contribution in [0.5, 0.6) is 5.88 Å². The summed E-state index contributed by atoms with van der Waals surface area (Å²) in [6.07, 6.45) is 7.37. The predicted octanol–water partition coefficient (Wildman–Crippen LogP) is 4.03. The second kappa shape index (κ2) is 13.0. The molecule has 0 aliphatic carbocycles. The highest BCUT2D eigenvalue weighted by atomic mass is 19.1. The molecule has 0 unspecified atom stereocenters. The number of halogens is 3. The van der Waals surface area contributed by atoms with Gasteiger partial charge in [0.2, 0.25) is 5.88 Å². The molecule has 4 rings (SSSR count). The monoisotopic (exact) mass is 529 g/mol. The lowest BCUT2D eigenvalue weighted by molar-refractivity contribution is -0.0714. The smallest absolute Gasteiger partial charge is 0.213 e. The van der Waals surface area contributed by atoms with Gasteiger partial charge in [0.15, 0.2) is 5.82 Å². The zero-order chi connectivity index (χ0) is 27.1. The Morgan fingerprint density at radius 1 is 1.16 bits per heavy atom. The Morgan fingerprint density at radius 2 is 2.00 bits per heavy atom. The fourth-order valence-electron chi connectivity index (χ4n) is 4.42. The minimum absolute atomic E-state index is 0.145. The van der Waals surface area contributed by atoms with E-state index in [4.69, 9.17) is 9.47 Å². The van der Waals surface area contributed by atoms with E-state index in [0.717, 1.165) is 24.4 Å². The molecule has 3 N–H and O–H groups in total. The van der Waals surface area contributed by atoms with Gasteiger partial charge in [0.05, 0.1) is 43.7 Å². The van der Waals surface area contributed by atoms with Crippen LogP contribution in [0.25, 0.3) is 23.2 Å². The van der Waals surface area contributed by atoms with Crippen LogP contribution in [0.1, 0.15) is 30.4 Å². The first-order chi connectivity index (χ1) is 18.4. The molecule has 1 fully saturated rings. The van der Waals surface area contributed by atoms with Gasteiger partial charge in [0.25, 0.3) is 0 Å². The second-order valence-corrected chi connectivity index (χ2v) is 9.05. The Balaban J connectivity index is 1.44. The third-order valence-electron chi connectivity index (χ3n) is 6.39. The van der Waals surface area contributed by atoms with Crippen molar-refractivity contribution in [2.75, 3.05) is 20.3 Å². The Kier molecular flexibility index (Phi) is 9.46. The van der Waals surface area contributed by atoms with Crippen molar-refractivity contribution < 1.29 is 32.9 Å². The standard InChI is InChI=1S/C28H30F3N3O4/c1-37-27-11-10-25-28(34-27)21(23(31)15-33-25)7-5-20-6-9-24(26(38-20)14-19(36)16-35)32-12-2-3-17-13-18(29)4-8-22(17)30/h2-5,7-8,10-11,13,15,19-20,24,26,32,35-36H,6,9,12,14,16H2,1H3/b3-2+,7-5+/t19-,20-,24-,26-/m1/s1. The lowest BCUT2D eigenvalue weighted by atomic mass is 9.94. The summed E-state index contributed by atoms with van der Waals surface area (Å²) in [6, 6.07) is 6.45. The molecule has 0 bridgehead atoms. The van der Waals surface area contributed by atoms with Gasteiger partial charge in [-0.3, -0.25) is 4.98 Å². The zero-order valence-electron chi connectivity index (χ0n) is 20.9. The van der Waals surface area contributed by atoms with Crippen LogP contribution in [-0.2, 0) is 4.74 Å². The van der Waals surface area contributed by atoms with Gasteiger partial charge < -0.3 is 25.0 Å². The lowest BCUT2D eigenvalue weighted by Gasteiger charge is -2.37. The Morgan fingerprint density at radius 3 is 2.79 bits per heavy atom. The average molecular weight is 530 g/mol. The van der Waals surface area contributed by atoms with Crippen molar-refractivity contribution in [2.45, 2.75) is 43.6 Å². The average Bonchev–Trinajstić information content (AvgIpc) is 2.92. The van der Waals surface area contributed by atoms with Crippen molar-refractivity contribution >= 4 is 23.2 Å². The van der Waals surface area contributed by atoms with Crippen molar-refractivity contribution in [3.63, 3.8) is 0 Å². The van der Waals surface area contributed by atoms with Crippen molar-refractivity contribution in [2.24, 2.45) is 0 Å². The molecule has 3 heterocycles. The first-order valence-corrected chi connectivity index (χ1v) is 12.3. The summed E-state index contributed by atoms with van der Waals surface area (Å²) in [7, 11) is 1.48. The largest absolute Gasteiger partial charge is 0.481 e. The van der Waals surface area contributed by atoms with E-state index in [1.165, 1.54) is 13.2 Å². The predicted molar refractivity (Wildman–Crippen MR) is 138 cm³/mol. The van der Waals surface area contributed by atoms with Crippen LogP contribution in [0.2, 0.25) is 0 Å². The topological polar surface area (TPSA) is 96.7 Å². The highest BCUT2D eigenvalue weighted by Gasteiger charge is 2.31. The first kappa shape index (κ1) is 27.7. The van der Waals surface area contributed by atoms with Crippen LogP contribution in [-0.4, -0.2) is 64.8 Å². The number of benzene rings is 1. The summed E-state index contributed by atoms with van der Waals surface area (Å²) in [5.74, 6) is -1.23. The van der Waals surface area contributed by atoms with Gasteiger partial charge in [0.1, 0.15) is 17.2 Å². The lowest BCUT2D eigenvalue weighted by Crippen LogP contribution is -2.48. The normalized spacial score (nSPS) is 20.9. The number of hydrogen-bond acceptors (Lipinski definition) is 7. The first-order valence-electron chi connectivity index (χ1n) is 12.3. The minimum Gasteiger partial charge on any atom is -0.481 e. The van der Waals surface area contributed by atoms with Gasteiger partial charge in [-0.25, -0.2) is 18.2 Å². The molecule has 38 heavy (non-hydrogen) atoms. The molecule has 1 saturated heterocycles. The summed E-state index contributed by atoms with van der Waals surface area (Å²) in [6.45, 7) is -0.0501. The maximum absolute atomic E-state index is 14.7. The summed E-state index contributed by atoms with van der Waals surface area (Å²) in [4.78, 5) is 8.41. The molecule has 0 saturated carbocycles. The van der Waals surface area contributed by atoms with Crippen LogP contribution in [0.4, 0.5) is 13.2 Å². The van der Waals surface area contributed by atoms with E-state index in [-0.39, 0.29) is 29.7 Å². The molecule has 4 atom stereocenters. The summed E-state index contributed by atoms with van der Waals surface area (Å²) >= 11 is 0. The Labute approximate surface area is 218 Å². The third kappa shape index (κ3) is 6.96. The number of aromatic nitrogens is 2. The quantitative estimate of drug-likeness (QED) is 0.365. The Bertz CT molecular complexity index is 1300. The molecule has 3 aromatic rings. The number of nitrogens with one attached hydrogen (secondary N) is 1. The molecule has 0 amide bonds. The van der Waals surface area contributed by atoms with Crippen molar-refractivity contribution in [1.29, 1.82) is 0 Å². The number of pyridine rings is 2. The van der Waals surface area contributed by atoms with Crippen molar-refractivity contribution in [3.8, 4) is 5.88 Å². The molecular weight excluding hydrogens is 499 g/mol.